The van der Waals surface area contributed by atoms with Crippen LogP contribution in [0.15, 0.2) is 24.3 Å². The molecule has 1 saturated carbocycles. The van der Waals surface area contributed by atoms with E-state index in [0.717, 1.165) is 12.8 Å². The fraction of sp³-hybridized carbons (Fsp3) is 0.524. The van der Waals surface area contributed by atoms with Crippen LogP contribution in [-0.4, -0.2) is 38.7 Å². The lowest BCUT2D eigenvalue weighted by Gasteiger charge is -2.22. The van der Waals surface area contributed by atoms with Crippen LogP contribution in [0.25, 0.3) is 6.08 Å². The Kier molecular flexibility index (Phi) is 8.17. The molecule has 0 aromatic heterocycles. The number of hydrogen-bond donors (Lipinski definition) is 1. The Bertz CT molecular complexity index is 665. The molecular weight excluding hydrogens is 346 g/mol. The molecule has 6 heteroatoms. The second-order valence-corrected chi connectivity index (χ2v) is 6.77. The normalized spacial score (nSPS) is 16.0. The number of esters is 1. The van der Waals surface area contributed by atoms with Crippen molar-refractivity contribution in [3.05, 3.63) is 29.8 Å². The standard InChI is InChI=1S/C21H29NO5/c1-15(21(24)22-14-16-7-5-4-6-8-16)27-20(23)12-9-17-13-18(25-2)10-11-19(17)26-3/h9-13,15-16H,4-8,14H2,1-3H3,(H,22,24)/b12-9+/t15-/m1/s1. The number of amides is 1. The summed E-state index contributed by atoms with van der Waals surface area (Å²) in [6, 6.07) is 5.28. The summed E-state index contributed by atoms with van der Waals surface area (Å²) in [5, 5.41) is 2.89. The molecular formula is C21H29NO5. The fourth-order valence-corrected chi connectivity index (χ4v) is 3.17. The summed E-state index contributed by atoms with van der Waals surface area (Å²) in [6.45, 7) is 2.23. The van der Waals surface area contributed by atoms with Crippen molar-refractivity contribution in [2.45, 2.75) is 45.1 Å². The Balaban J connectivity index is 1.84. The maximum absolute atomic E-state index is 12.1. The molecule has 27 heavy (non-hydrogen) atoms. The predicted molar refractivity (Wildman–Crippen MR) is 104 cm³/mol. The lowest BCUT2D eigenvalue weighted by molar-refractivity contribution is -0.150. The first-order valence-electron chi connectivity index (χ1n) is 9.42. The third kappa shape index (κ3) is 6.62. The summed E-state index contributed by atoms with van der Waals surface area (Å²) in [6.07, 6.45) is 8.06. The molecule has 0 saturated heterocycles. The number of carbonyl (C=O) groups excluding carboxylic acids is 2. The van der Waals surface area contributed by atoms with E-state index < -0.39 is 12.1 Å². The van der Waals surface area contributed by atoms with E-state index in [2.05, 4.69) is 5.32 Å². The van der Waals surface area contributed by atoms with Crippen LogP contribution in [0.2, 0.25) is 0 Å². The minimum absolute atomic E-state index is 0.263. The highest BCUT2D eigenvalue weighted by Gasteiger charge is 2.19. The van der Waals surface area contributed by atoms with Gasteiger partial charge in [0.1, 0.15) is 11.5 Å². The molecule has 1 aliphatic rings. The molecule has 148 valence electrons. The van der Waals surface area contributed by atoms with Crippen LogP contribution >= 0.6 is 0 Å². The quantitative estimate of drug-likeness (QED) is 0.557. The van der Waals surface area contributed by atoms with Gasteiger partial charge >= 0.3 is 5.97 Å². The number of carbonyl (C=O) groups is 2. The van der Waals surface area contributed by atoms with Crippen LogP contribution in [0.3, 0.4) is 0 Å². The van der Waals surface area contributed by atoms with Gasteiger partial charge in [0.15, 0.2) is 6.10 Å². The van der Waals surface area contributed by atoms with Crippen molar-refractivity contribution in [3.8, 4) is 11.5 Å². The first-order chi connectivity index (χ1) is 13.0. The van der Waals surface area contributed by atoms with Gasteiger partial charge < -0.3 is 19.5 Å². The van der Waals surface area contributed by atoms with Crippen LogP contribution in [0.1, 0.15) is 44.6 Å². The molecule has 0 heterocycles. The molecule has 0 aliphatic heterocycles. The van der Waals surface area contributed by atoms with Crippen molar-refractivity contribution in [2.24, 2.45) is 5.92 Å². The predicted octanol–water partition coefficient (Wildman–Crippen LogP) is 3.35. The highest BCUT2D eigenvalue weighted by Crippen LogP contribution is 2.25. The Morgan fingerprint density at radius 3 is 2.59 bits per heavy atom. The monoisotopic (exact) mass is 375 g/mol. The molecule has 0 spiro atoms. The third-order valence-electron chi connectivity index (χ3n) is 4.79. The highest BCUT2D eigenvalue weighted by molar-refractivity contribution is 5.90. The van der Waals surface area contributed by atoms with Gasteiger partial charge in [0.25, 0.3) is 5.91 Å². The topological polar surface area (TPSA) is 73.9 Å². The van der Waals surface area contributed by atoms with Crippen molar-refractivity contribution in [1.82, 2.24) is 5.32 Å². The zero-order chi connectivity index (χ0) is 19.6. The van der Waals surface area contributed by atoms with Gasteiger partial charge in [-0.1, -0.05) is 19.3 Å². The second-order valence-electron chi connectivity index (χ2n) is 6.77. The third-order valence-corrected chi connectivity index (χ3v) is 4.79. The number of ether oxygens (including phenoxy) is 3. The van der Waals surface area contributed by atoms with Crippen LogP contribution in [0.5, 0.6) is 11.5 Å². The molecule has 1 amide bonds. The SMILES string of the molecule is COc1ccc(OC)c(/C=C/C(=O)O[C@H](C)C(=O)NCC2CCCCC2)c1. The van der Waals surface area contributed by atoms with Crippen molar-refractivity contribution >= 4 is 18.0 Å². The minimum Gasteiger partial charge on any atom is -0.497 e. The molecule has 0 bridgehead atoms. The molecule has 1 N–H and O–H groups in total. The summed E-state index contributed by atoms with van der Waals surface area (Å²) in [5.74, 6) is 0.949. The van der Waals surface area contributed by atoms with Gasteiger partial charge in [-0.3, -0.25) is 4.79 Å². The minimum atomic E-state index is -0.835. The van der Waals surface area contributed by atoms with Gasteiger partial charge in [-0.25, -0.2) is 4.79 Å². The van der Waals surface area contributed by atoms with Crippen LogP contribution in [0, 0.1) is 5.92 Å². The van der Waals surface area contributed by atoms with Gasteiger partial charge in [0, 0.05) is 18.2 Å². The van der Waals surface area contributed by atoms with Crippen LogP contribution < -0.4 is 14.8 Å². The number of nitrogens with one attached hydrogen (secondary N) is 1. The maximum atomic E-state index is 12.1. The lowest BCUT2D eigenvalue weighted by Crippen LogP contribution is -2.38. The second kappa shape index (κ2) is 10.6. The first kappa shape index (κ1) is 20.8. The number of rotatable bonds is 8. The van der Waals surface area contributed by atoms with Gasteiger partial charge in [0.2, 0.25) is 0 Å². The van der Waals surface area contributed by atoms with E-state index in [1.54, 1.807) is 45.4 Å². The van der Waals surface area contributed by atoms with Crippen LogP contribution in [0.4, 0.5) is 0 Å². The Hall–Kier alpha value is -2.50. The molecule has 6 nitrogen and oxygen atoms in total. The molecule has 1 fully saturated rings. The summed E-state index contributed by atoms with van der Waals surface area (Å²) in [4.78, 5) is 24.2. The van der Waals surface area contributed by atoms with E-state index in [4.69, 9.17) is 14.2 Å². The molecule has 2 rings (SSSR count). The zero-order valence-corrected chi connectivity index (χ0v) is 16.3. The average Bonchev–Trinajstić information content (AvgIpc) is 2.70. The van der Waals surface area contributed by atoms with E-state index in [-0.39, 0.29) is 5.91 Å². The van der Waals surface area contributed by atoms with Gasteiger partial charge in [-0.05, 0) is 50.0 Å². The Morgan fingerprint density at radius 1 is 1.19 bits per heavy atom. The average molecular weight is 375 g/mol. The van der Waals surface area contributed by atoms with Crippen molar-refractivity contribution < 1.29 is 23.8 Å². The molecule has 1 aliphatic carbocycles. The van der Waals surface area contributed by atoms with Gasteiger partial charge in [0.05, 0.1) is 14.2 Å². The van der Waals surface area contributed by atoms with E-state index in [9.17, 15) is 9.59 Å². The molecule has 1 aromatic rings. The summed E-state index contributed by atoms with van der Waals surface area (Å²) < 4.78 is 15.6. The lowest BCUT2D eigenvalue weighted by atomic mass is 9.89. The van der Waals surface area contributed by atoms with Gasteiger partial charge in [-0.15, -0.1) is 0 Å². The molecule has 1 aromatic carbocycles. The van der Waals surface area contributed by atoms with Crippen molar-refractivity contribution in [3.63, 3.8) is 0 Å². The van der Waals surface area contributed by atoms with E-state index in [1.807, 2.05) is 0 Å². The number of benzene rings is 1. The summed E-state index contributed by atoms with van der Waals surface area (Å²) >= 11 is 0. The van der Waals surface area contributed by atoms with Gasteiger partial charge in [-0.2, -0.15) is 0 Å². The summed E-state index contributed by atoms with van der Waals surface area (Å²) in [5.41, 5.74) is 0.684. The smallest absolute Gasteiger partial charge is 0.331 e. The van der Waals surface area contributed by atoms with E-state index in [1.165, 1.54) is 25.3 Å². The van der Waals surface area contributed by atoms with Crippen molar-refractivity contribution in [1.29, 1.82) is 0 Å². The van der Waals surface area contributed by atoms with E-state index >= 15 is 0 Å². The zero-order valence-electron chi connectivity index (χ0n) is 16.3. The highest BCUT2D eigenvalue weighted by atomic mass is 16.5. The summed E-state index contributed by atoms with van der Waals surface area (Å²) in [7, 11) is 3.12. The largest absolute Gasteiger partial charge is 0.497 e. The molecule has 0 unspecified atom stereocenters. The Morgan fingerprint density at radius 2 is 1.93 bits per heavy atom. The Labute approximate surface area is 160 Å². The first-order valence-corrected chi connectivity index (χ1v) is 9.42. The van der Waals surface area contributed by atoms with Crippen LogP contribution in [-0.2, 0) is 14.3 Å². The fourth-order valence-electron chi connectivity index (χ4n) is 3.17. The number of methoxy groups -OCH3 is 2. The number of hydrogen-bond acceptors (Lipinski definition) is 5. The molecule has 0 radical (unpaired) electrons. The van der Waals surface area contributed by atoms with Crippen molar-refractivity contribution in [2.75, 3.05) is 20.8 Å². The maximum Gasteiger partial charge on any atom is 0.331 e. The van der Waals surface area contributed by atoms with E-state index in [0.29, 0.717) is 29.5 Å². The molecule has 1 atom stereocenters.